The minimum atomic E-state index is -0.767. The monoisotopic (exact) mass is 291 g/mol. The third-order valence-corrected chi connectivity index (χ3v) is 3.53. The molecule has 0 radical (unpaired) electrons. The van der Waals surface area contributed by atoms with Crippen molar-refractivity contribution in [1.29, 1.82) is 0 Å². The van der Waals surface area contributed by atoms with Crippen LogP contribution in [-0.2, 0) is 11.2 Å². The summed E-state index contributed by atoms with van der Waals surface area (Å²) in [7, 11) is 0. The number of aliphatic carboxylic acids is 1. The highest BCUT2D eigenvalue weighted by Crippen LogP contribution is 2.15. The molecule has 0 aliphatic heterocycles. The first-order valence-electron chi connectivity index (χ1n) is 7.91. The molecule has 0 bridgehead atoms. The topological polar surface area (TPSA) is 49.3 Å². The molecule has 0 saturated carbocycles. The van der Waals surface area contributed by atoms with Crippen molar-refractivity contribution >= 4 is 5.97 Å². The lowest BCUT2D eigenvalue weighted by atomic mass is 9.94. The highest BCUT2D eigenvalue weighted by molar-refractivity contribution is 5.74. The first-order valence-corrected chi connectivity index (χ1v) is 7.91. The van der Waals surface area contributed by atoms with Crippen LogP contribution in [-0.4, -0.2) is 23.2 Å². The lowest BCUT2D eigenvalue weighted by Gasteiger charge is -2.26. The van der Waals surface area contributed by atoms with Gasteiger partial charge >= 0.3 is 5.97 Å². The number of hydrogen-bond donors (Lipinski definition) is 2. The maximum Gasteiger partial charge on any atom is 0.321 e. The Balaban J connectivity index is 2.71. The Bertz CT molecular complexity index is 404. The molecule has 0 saturated heterocycles. The zero-order chi connectivity index (χ0) is 15.8. The van der Waals surface area contributed by atoms with E-state index in [0.717, 1.165) is 18.4 Å². The quantitative estimate of drug-likeness (QED) is 0.729. The largest absolute Gasteiger partial charge is 0.480 e. The molecule has 1 aromatic rings. The number of carboxylic acids is 1. The fourth-order valence-corrected chi connectivity index (χ4v) is 2.72. The Kier molecular flexibility index (Phi) is 7.44. The van der Waals surface area contributed by atoms with Crippen LogP contribution in [0.2, 0.25) is 0 Å². The lowest BCUT2D eigenvalue weighted by molar-refractivity contribution is -0.139. The van der Waals surface area contributed by atoms with Crippen molar-refractivity contribution in [1.82, 2.24) is 5.32 Å². The minimum Gasteiger partial charge on any atom is -0.480 e. The van der Waals surface area contributed by atoms with E-state index in [4.69, 9.17) is 0 Å². The third-order valence-electron chi connectivity index (χ3n) is 3.53. The van der Waals surface area contributed by atoms with Gasteiger partial charge < -0.3 is 10.4 Å². The van der Waals surface area contributed by atoms with Crippen molar-refractivity contribution in [2.24, 2.45) is 11.8 Å². The Morgan fingerprint density at radius 1 is 1.05 bits per heavy atom. The lowest BCUT2D eigenvalue weighted by Crippen LogP contribution is -2.45. The molecule has 0 aromatic heterocycles. The van der Waals surface area contributed by atoms with Gasteiger partial charge in [-0.1, -0.05) is 58.0 Å². The zero-order valence-corrected chi connectivity index (χ0v) is 13.7. The summed E-state index contributed by atoms with van der Waals surface area (Å²) >= 11 is 0. The third kappa shape index (κ3) is 7.28. The van der Waals surface area contributed by atoms with E-state index in [0.29, 0.717) is 18.3 Å². The Morgan fingerprint density at radius 2 is 1.57 bits per heavy atom. The van der Waals surface area contributed by atoms with Gasteiger partial charge in [0, 0.05) is 6.04 Å². The second kappa shape index (κ2) is 8.83. The van der Waals surface area contributed by atoms with Crippen LogP contribution in [0.4, 0.5) is 0 Å². The van der Waals surface area contributed by atoms with E-state index in [1.807, 2.05) is 30.3 Å². The molecule has 0 heterocycles. The van der Waals surface area contributed by atoms with E-state index in [1.54, 1.807) is 0 Å². The minimum absolute atomic E-state index is 0.259. The summed E-state index contributed by atoms with van der Waals surface area (Å²) in [6.45, 7) is 8.73. The molecule has 118 valence electrons. The van der Waals surface area contributed by atoms with E-state index in [9.17, 15) is 9.90 Å². The molecular formula is C18H29NO2. The molecule has 2 N–H and O–H groups in total. The van der Waals surface area contributed by atoms with E-state index in [-0.39, 0.29) is 6.04 Å². The fraction of sp³-hybridized carbons (Fsp3) is 0.611. The fourth-order valence-electron chi connectivity index (χ4n) is 2.72. The number of benzene rings is 1. The highest BCUT2D eigenvalue weighted by Gasteiger charge is 2.23. The number of rotatable bonds is 9. The normalized spacial score (nSPS) is 13.1. The van der Waals surface area contributed by atoms with Gasteiger partial charge in [0.2, 0.25) is 0 Å². The average Bonchev–Trinajstić information content (AvgIpc) is 2.37. The summed E-state index contributed by atoms with van der Waals surface area (Å²) in [5.74, 6) is 0.358. The second-order valence-corrected chi connectivity index (χ2v) is 6.70. The summed E-state index contributed by atoms with van der Waals surface area (Å²) in [6.07, 6.45) is 2.55. The highest BCUT2D eigenvalue weighted by atomic mass is 16.4. The molecule has 3 nitrogen and oxygen atoms in total. The molecule has 1 aromatic carbocycles. The number of hydrogen-bond acceptors (Lipinski definition) is 2. The standard InChI is InChI=1S/C18H29NO2/c1-13(2)10-16(11-14(3)4)19-17(18(20)21)12-15-8-6-5-7-9-15/h5-9,13-14,16-17,19H,10-12H2,1-4H3,(H,20,21)/t17-/m1/s1. The van der Waals surface area contributed by atoms with E-state index in [1.165, 1.54) is 0 Å². The summed E-state index contributed by atoms with van der Waals surface area (Å²) < 4.78 is 0. The molecule has 3 heteroatoms. The summed E-state index contributed by atoms with van der Waals surface area (Å²) in [5.41, 5.74) is 1.06. The van der Waals surface area contributed by atoms with Crippen molar-refractivity contribution < 1.29 is 9.90 Å². The van der Waals surface area contributed by atoms with Crippen LogP contribution in [0.3, 0.4) is 0 Å². The molecule has 21 heavy (non-hydrogen) atoms. The smallest absolute Gasteiger partial charge is 0.321 e. The van der Waals surface area contributed by atoms with Crippen LogP contribution in [0, 0.1) is 11.8 Å². The van der Waals surface area contributed by atoms with Gasteiger partial charge in [-0.25, -0.2) is 0 Å². The van der Waals surface area contributed by atoms with Gasteiger partial charge in [0.25, 0.3) is 0 Å². The van der Waals surface area contributed by atoms with Gasteiger partial charge in [-0.3, -0.25) is 4.79 Å². The van der Waals surface area contributed by atoms with E-state index < -0.39 is 12.0 Å². The second-order valence-electron chi connectivity index (χ2n) is 6.70. The van der Waals surface area contributed by atoms with E-state index >= 15 is 0 Å². The van der Waals surface area contributed by atoms with Crippen LogP contribution < -0.4 is 5.32 Å². The van der Waals surface area contributed by atoms with Crippen molar-refractivity contribution in [2.45, 2.75) is 59.0 Å². The molecule has 0 aliphatic carbocycles. The number of carboxylic acid groups (broad SMARTS) is 1. The van der Waals surface area contributed by atoms with Gasteiger partial charge in [-0.05, 0) is 36.7 Å². The first kappa shape index (κ1) is 17.7. The summed E-state index contributed by atoms with van der Waals surface area (Å²) in [6, 6.07) is 9.56. The van der Waals surface area contributed by atoms with Crippen molar-refractivity contribution in [2.75, 3.05) is 0 Å². The number of nitrogens with one attached hydrogen (secondary N) is 1. The Labute approximate surface area is 128 Å². The molecule has 1 rings (SSSR count). The van der Waals surface area contributed by atoms with Crippen molar-refractivity contribution in [3.05, 3.63) is 35.9 Å². The van der Waals surface area contributed by atoms with E-state index in [2.05, 4.69) is 33.0 Å². The zero-order valence-electron chi connectivity index (χ0n) is 13.7. The maximum atomic E-state index is 11.5. The van der Waals surface area contributed by atoms with Crippen molar-refractivity contribution in [3.8, 4) is 0 Å². The van der Waals surface area contributed by atoms with Crippen LogP contribution in [0.5, 0.6) is 0 Å². The van der Waals surface area contributed by atoms with Crippen LogP contribution in [0.1, 0.15) is 46.1 Å². The van der Waals surface area contributed by atoms with Gasteiger partial charge in [-0.2, -0.15) is 0 Å². The number of carbonyl (C=O) groups is 1. The SMILES string of the molecule is CC(C)CC(CC(C)C)N[C@H](Cc1ccccc1)C(=O)O. The predicted molar refractivity (Wildman–Crippen MR) is 87.4 cm³/mol. The average molecular weight is 291 g/mol. The summed E-state index contributed by atoms with van der Waals surface area (Å²) in [4.78, 5) is 11.5. The maximum absolute atomic E-state index is 11.5. The molecule has 0 amide bonds. The van der Waals surface area contributed by atoms with Gasteiger partial charge in [0.05, 0.1) is 0 Å². The predicted octanol–water partition coefficient (Wildman–Crippen LogP) is 3.73. The Hall–Kier alpha value is -1.35. The van der Waals surface area contributed by atoms with Gasteiger partial charge in [-0.15, -0.1) is 0 Å². The van der Waals surface area contributed by atoms with Crippen LogP contribution >= 0.6 is 0 Å². The molecular weight excluding hydrogens is 262 g/mol. The molecule has 0 aliphatic rings. The van der Waals surface area contributed by atoms with Crippen LogP contribution in [0.15, 0.2) is 30.3 Å². The van der Waals surface area contributed by atoms with Gasteiger partial charge in [0.15, 0.2) is 0 Å². The Morgan fingerprint density at radius 3 is 2.00 bits per heavy atom. The van der Waals surface area contributed by atoms with Gasteiger partial charge in [0.1, 0.15) is 6.04 Å². The molecule has 0 unspecified atom stereocenters. The van der Waals surface area contributed by atoms with Crippen LogP contribution in [0.25, 0.3) is 0 Å². The molecule has 0 spiro atoms. The molecule has 1 atom stereocenters. The molecule has 0 fully saturated rings. The first-order chi connectivity index (χ1) is 9.88. The summed E-state index contributed by atoms with van der Waals surface area (Å²) in [5, 5.41) is 12.9. The van der Waals surface area contributed by atoms with Crippen molar-refractivity contribution in [3.63, 3.8) is 0 Å².